The van der Waals surface area contributed by atoms with Crippen LogP contribution in [0.5, 0.6) is 5.75 Å². The van der Waals surface area contributed by atoms with E-state index in [9.17, 15) is 18.0 Å². The van der Waals surface area contributed by atoms with Crippen LogP contribution in [0.1, 0.15) is 10.6 Å². The molecule has 3 nitrogen and oxygen atoms in total. The molecule has 0 aliphatic carbocycles. The van der Waals surface area contributed by atoms with Gasteiger partial charge in [0, 0.05) is 5.39 Å². The van der Waals surface area contributed by atoms with E-state index in [0.29, 0.717) is 17.3 Å². The first-order valence-electron chi connectivity index (χ1n) is 4.22. The topological polar surface area (TPSA) is 39.4 Å². The standard InChI is InChI=1S/C10H5F3O3/c11-10(12,13)16-7-1-2-9-6(3-7)4-8(5-14)15-9/h1-5H. The molecule has 0 unspecified atom stereocenters. The van der Waals surface area contributed by atoms with Crippen LogP contribution < -0.4 is 4.74 Å². The van der Waals surface area contributed by atoms with Crippen LogP contribution in [0.4, 0.5) is 13.2 Å². The van der Waals surface area contributed by atoms with Crippen molar-refractivity contribution in [2.24, 2.45) is 0 Å². The van der Waals surface area contributed by atoms with Crippen molar-refractivity contribution in [2.75, 3.05) is 0 Å². The van der Waals surface area contributed by atoms with Crippen molar-refractivity contribution in [3.8, 4) is 5.75 Å². The zero-order valence-electron chi connectivity index (χ0n) is 7.75. The first-order chi connectivity index (χ1) is 7.48. The van der Waals surface area contributed by atoms with Crippen LogP contribution in [0.15, 0.2) is 28.7 Å². The molecule has 0 radical (unpaired) electrons. The van der Waals surface area contributed by atoms with Gasteiger partial charge in [0.1, 0.15) is 11.3 Å². The Morgan fingerprint density at radius 1 is 1.25 bits per heavy atom. The maximum atomic E-state index is 11.9. The number of hydrogen-bond acceptors (Lipinski definition) is 3. The predicted octanol–water partition coefficient (Wildman–Crippen LogP) is 3.14. The Morgan fingerprint density at radius 3 is 2.62 bits per heavy atom. The van der Waals surface area contributed by atoms with Gasteiger partial charge in [0.15, 0.2) is 12.0 Å². The molecule has 0 bridgehead atoms. The number of benzene rings is 1. The molecule has 1 aromatic carbocycles. The van der Waals surface area contributed by atoms with Gasteiger partial charge in [-0.2, -0.15) is 0 Å². The molecule has 0 saturated carbocycles. The maximum absolute atomic E-state index is 11.9. The second-order valence-corrected chi connectivity index (χ2v) is 3.01. The Balaban J connectivity index is 2.39. The minimum Gasteiger partial charge on any atom is -0.453 e. The quantitative estimate of drug-likeness (QED) is 0.744. The lowest BCUT2D eigenvalue weighted by Gasteiger charge is -2.07. The van der Waals surface area contributed by atoms with Crippen LogP contribution in [0.3, 0.4) is 0 Å². The summed E-state index contributed by atoms with van der Waals surface area (Å²) >= 11 is 0. The molecule has 0 fully saturated rings. The number of halogens is 3. The number of aldehydes is 1. The summed E-state index contributed by atoms with van der Waals surface area (Å²) in [6.45, 7) is 0. The van der Waals surface area contributed by atoms with Gasteiger partial charge in [-0.1, -0.05) is 0 Å². The van der Waals surface area contributed by atoms with Gasteiger partial charge in [-0.05, 0) is 24.3 Å². The Kier molecular flexibility index (Phi) is 2.34. The fourth-order valence-electron chi connectivity index (χ4n) is 1.30. The number of furan rings is 1. The third-order valence-electron chi connectivity index (χ3n) is 1.86. The summed E-state index contributed by atoms with van der Waals surface area (Å²) in [4.78, 5) is 10.4. The van der Waals surface area contributed by atoms with E-state index < -0.39 is 6.36 Å². The van der Waals surface area contributed by atoms with Crippen LogP contribution in [0.25, 0.3) is 11.0 Å². The lowest BCUT2D eigenvalue weighted by atomic mass is 10.2. The monoisotopic (exact) mass is 230 g/mol. The predicted molar refractivity (Wildman–Crippen MR) is 48.3 cm³/mol. The number of fused-ring (bicyclic) bond motifs is 1. The molecular formula is C10H5F3O3. The first kappa shape index (κ1) is 10.5. The van der Waals surface area contributed by atoms with Crippen molar-refractivity contribution in [3.05, 3.63) is 30.0 Å². The molecule has 0 spiro atoms. The molecule has 1 heterocycles. The van der Waals surface area contributed by atoms with Gasteiger partial charge in [-0.15, -0.1) is 13.2 Å². The molecule has 0 atom stereocenters. The number of carbonyl (C=O) groups excluding carboxylic acids is 1. The molecule has 0 N–H and O–H groups in total. The zero-order chi connectivity index (χ0) is 11.8. The highest BCUT2D eigenvalue weighted by Crippen LogP contribution is 2.27. The van der Waals surface area contributed by atoms with E-state index in [2.05, 4.69) is 4.74 Å². The van der Waals surface area contributed by atoms with Gasteiger partial charge in [0.25, 0.3) is 0 Å². The molecule has 16 heavy (non-hydrogen) atoms. The normalized spacial score (nSPS) is 11.7. The van der Waals surface area contributed by atoms with E-state index in [1.54, 1.807) is 0 Å². The van der Waals surface area contributed by atoms with E-state index in [0.717, 1.165) is 12.1 Å². The number of hydrogen-bond donors (Lipinski definition) is 0. The zero-order valence-corrected chi connectivity index (χ0v) is 7.75. The third-order valence-corrected chi connectivity index (χ3v) is 1.86. The van der Waals surface area contributed by atoms with E-state index in [1.165, 1.54) is 12.1 Å². The van der Waals surface area contributed by atoms with Gasteiger partial charge >= 0.3 is 6.36 Å². The second-order valence-electron chi connectivity index (χ2n) is 3.01. The molecule has 2 rings (SSSR count). The van der Waals surface area contributed by atoms with Crippen LogP contribution >= 0.6 is 0 Å². The Bertz CT molecular complexity index is 528. The third kappa shape index (κ3) is 2.16. The van der Waals surface area contributed by atoms with Crippen molar-refractivity contribution in [1.82, 2.24) is 0 Å². The largest absolute Gasteiger partial charge is 0.573 e. The van der Waals surface area contributed by atoms with Crippen LogP contribution in [-0.4, -0.2) is 12.6 Å². The molecule has 2 aromatic rings. The lowest BCUT2D eigenvalue weighted by Crippen LogP contribution is -2.16. The molecular weight excluding hydrogens is 225 g/mol. The highest BCUT2D eigenvalue weighted by Gasteiger charge is 2.31. The number of alkyl halides is 3. The highest BCUT2D eigenvalue weighted by molar-refractivity contribution is 5.85. The maximum Gasteiger partial charge on any atom is 0.573 e. The summed E-state index contributed by atoms with van der Waals surface area (Å²) < 4.78 is 44.5. The van der Waals surface area contributed by atoms with Gasteiger partial charge in [0.2, 0.25) is 0 Å². The highest BCUT2D eigenvalue weighted by atomic mass is 19.4. The SMILES string of the molecule is O=Cc1cc2cc(OC(F)(F)F)ccc2o1. The summed E-state index contributed by atoms with van der Waals surface area (Å²) in [6, 6.07) is 4.92. The lowest BCUT2D eigenvalue weighted by molar-refractivity contribution is -0.274. The molecule has 6 heteroatoms. The van der Waals surface area contributed by atoms with Crippen molar-refractivity contribution in [3.63, 3.8) is 0 Å². The van der Waals surface area contributed by atoms with Crippen molar-refractivity contribution >= 4 is 17.3 Å². The van der Waals surface area contributed by atoms with Crippen molar-refractivity contribution in [1.29, 1.82) is 0 Å². The van der Waals surface area contributed by atoms with Crippen LogP contribution in [0.2, 0.25) is 0 Å². The average molecular weight is 230 g/mol. The molecule has 0 saturated heterocycles. The minimum absolute atomic E-state index is 0.0548. The average Bonchev–Trinajstić information content (AvgIpc) is 2.57. The molecule has 84 valence electrons. The Labute approximate surface area is 87.4 Å². The summed E-state index contributed by atoms with van der Waals surface area (Å²) in [6.07, 6.45) is -4.25. The minimum atomic E-state index is -4.73. The molecule has 0 aliphatic heterocycles. The van der Waals surface area contributed by atoms with E-state index in [-0.39, 0.29) is 11.5 Å². The van der Waals surface area contributed by atoms with E-state index in [4.69, 9.17) is 4.42 Å². The fraction of sp³-hybridized carbons (Fsp3) is 0.100. The van der Waals surface area contributed by atoms with Gasteiger partial charge in [-0.3, -0.25) is 4.79 Å². The summed E-state index contributed by atoms with van der Waals surface area (Å²) in [5, 5.41) is 0.379. The fourth-order valence-corrected chi connectivity index (χ4v) is 1.30. The first-order valence-corrected chi connectivity index (χ1v) is 4.22. The van der Waals surface area contributed by atoms with Crippen LogP contribution in [0, 0.1) is 0 Å². The van der Waals surface area contributed by atoms with Gasteiger partial charge < -0.3 is 9.15 Å². The summed E-state index contributed by atoms with van der Waals surface area (Å²) in [7, 11) is 0. The molecule has 1 aromatic heterocycles. The van der Waals surface area contributed by atoms with Gasteiger partial charge in [0.05, 0.1) is 0 Å². The number of ether oxygens (including phenoxy) is 1. The Hall–Kier alpha value is -1.98. The van der Waals surface area contributed by atoms with Crippen LogP contribution in [-0.2, 0) is 0 Å². The second kappa shape index (κ2) is 3.55. The Morgan fingerprint density at radius 2 is 2.00 bits per heavy atom. The van der Waals surface area contributed by atoms with E-state index >= 15 is 0 Å². The summed E-state index contributed by atoms with van der Waals surface area (Å²) in [5.74, 6) is -0.294. The van der Waals surface area contributed by atoms with E-state index in [1.807, 2.05) is 0 Å². The van der Waals surface area contributed by atoms with Gasteiger partial charge in [-0.25, -0.2) is 0 Å². The molecule has 0 amide bonds. The van der Waals surface area contributed by atoms with Crippen molar-refractivity contribution in [2.45, 2.75) is 6.36 Å². The molecule has 0 aliphatic rings. The summed E-state index contributed by atoms with van der Waals surface area (Å²) in [5.41, 5.74) is 0.330. The number of carbonyl (C=O) groups is 1. The smallest absolute Gasteiger partial charge is 0.453 e. The number of rotatable bonds is 2. The van der Waals surface area contributed by atoms with Crippen molar-refractivity contribution < 1.29 is 27.1 Å².